The number of likely N-dealkylation sites (N-methyl/N-ethyl adjacent to an activating group) is 1. The smallest absolute Gasteiger partial charge is 0.471 e. The highest BCUT2D eigenvalue weighted by atomic mass is 127. The lowest BCUT2D eigenvalue weighted by atomic mass is 10.1. The molecule has 0 aliphatic carbocycles. The molecule has 14 heteroatoms. The van der Waals surface area contributed by atoms with Crippen LogP contribution in [0.3, 0.4) is 0 Å². The van der Waals surface area contributed by atoms with E-state index in [2.05, 4.69) is 0 Å². The Kier molecular flexibility index (Phi) is 8.09. The monoisotopic (exact) mass is 726 g/mol. The molecule has 148 valence electrons. The van der Waals surface area contributed by atoms with E-state index in [4.69, 9.17) is 0 Å². The lowest BCUT2D eigenvalue weighted by molar-refractivity contribution is -0.173. The molecule has 27 heavy (non-hydrogen) atoms. The Morgan fingerprint density at radius 2 is 1.37 bits per heavy atom. The number of carbonyl (C=O) groups excluding carboxylic acids is 2. The van der Waals surface area contributed by atoms with E-state index in [0.29, 0.717) is 0 Å². The molecule has 0 spiro atoms. The molecule has 0 aliphatic rings. The number of aromatic carboxylic acids is 2. The SMILES string of the molecule is CN(C(=O)CNC(=O)C(F)(F)F)c1c(I)c(C(=O)O)c(I)c(C(=O)O)c1I. The average Bonchev–Trinajstić information content (AvgIpc) is 2.49. The van der Waals surface area contributed by atoms with E-state index in [9.17, 15) is 42.6 Å². The van der Waals surface area contributed by atoms with Crippen molar-refractivity contribution in [3.63, 3.8) is 0 Å². The molecule has 1 aromatic rings. The number of carboxylic acids is 2. The molecule has 0 saturated heterocycles. The standard InChI is InChI=1S/C13H8F3I3N2O6/c1-21(3(22)2-20-12(27)13(14,15)16)9-7(18)4(10(23)24)6(17)5(8(9)19)11(25)26/h2H2,1H3,(H,20,27)(H,23,24)(H,25,26). The minimum Gasteiger partial charge on any atom is -0.478 e. The molecule has 0 saturated carbocycles. The molecule has 0 heterocycles. The van der Waals surface area contributed by atoms with Gasteiger partial charge in [-0.05, 0) is 67.8 Å². The van der Waals surface area contributed by atoms with E-state index < -0.39 is 36.5 Å². The second-order valence-corrected chi connectivity index (χ2v) is 8.02. The van der Waals surface area contributed by atoms with E-state index in [1.54, 1.807) is 67.8 Å². The van der Waals surface area contributed by atoms with Gasteiger partial charge in [-0.1, -0.05) is 0 Å². The van der Waals surface area contributed by atoms with Crippen LogP contribution in [0.1, 0.15) is 20.7 Å². The Labute approximate surface area is 190 Å². The molecule has 0 aliphatic heterocycles. The summed E-state index contributed by atoms with van der Waals surface area (Å²) in [6.07, 6.45) is -5.17. The fraction of sp³-hybridized carbons (Fsp3) is 0.231. The topological polar surface area (TPSA) is 124 Å². The Morgan fingerprint density at radius 3 is 1.70 bits per heavy atom. The number of rotatable bonds is 5. The van der Waals surface area contributed by atoms with Gasteiger partial charge in [-0.15, -0.1) is 0 Å². The van der Waals surface area contributed by atoms with Crippen LogP contribution in [0.15, 0.2) is 0 Å². The molecule has 0 atom stereocenters. The molecule has 0 fully saturated rings. The summed E-state index contributed by atoms with van der Waals surface area (Å²) < 4.78 is 36.6. The van der Waals surface area contributed by atoms with Crippen molar-refractivity contribution in [2.45, 2.75) is 6.18 Å². The number of amides is 2. The number of carboxylic acid groups (broad SMARTS) is 2. The molecule has 2 amide bonds. The lowest BCUT2D eigenvalue weighted by Gasteiger charge is -2.24. The van der Waals surface area contributed by atoms with Crippen molar-refractivity contribution in [3.05, 3.63) is 21.8 Å². The molecule has 0 unspecified atom stereocenters. The van der Waals surface area contributed by atoms with Gasteiger partial charge in [0.2, 0.25) is 5.91 Å². The van der Waals surface area contributed by atoms with Gasteiger partial charge >= 0.3 is 24.0 Å². The summed E-state index contributed by atoms with van der Waals surface area (Å²) in [5.74, 6) is -6.18. The summed E-state index contributed by atoms with van der Waals surface area (Å²) in [7, 11) is 1.13. The maximum Gasteiger partial charge on any atom is 0.471 e. The van der Waals surface area contributed by atoms with Crippen molar-refractivity contribution in [1.82, 2.24) is 5.32 Å². The number of benzene rings is 1. The van der Waals surface area contributed by atoms with Crippen LogP contribution in [0.25, 0.3) is 0 Å². The van der Waals surface area contributed by atoms with Crippen LogP contribution in [-0.2, 0) is 9.59 Å². The largest absolute Gasteiger partial charge is 0.478 e. The third-order valence-corrected chi connectivity index (χ3v) is 6.27. The number of carbonyl (C=O) groups is 4. The van der Waals surface area contributed by atoms with Gasteiger partial charge in [0, 0.05) is 10.6 Å². The Hall–Kier alpha value is -0.920. The zero-order valence-corrected chi connectivity index (χ0v) is 19.4. The molecule has 1 aromatic carbocycles. The summed E-state index contributed by atoms with van der Waals surface area (Å²) in [6.45, 7) is -1.02. The van der Waals surface area contributed by atoms with Gasteiger partial charge in [-0.2, -0.15) is 13.2 Å². The van der Waals surface area contributed by atoms with Crippen molar-refractivity contribution in [2.75, 3.05) is 18.5 Å². The van der Waals surface area contributed by atoms with Crippen LogP contribution < -0.4 is 10.2 Å². The highest BCUT2D eigenvalue weighted by molar-refractivity contribution is 14.1. The number of halogens is 6. The third kappa shape index (κ3) is 5.33. The van der Waals surface area contributed by atoms with E-state index in [1.165, 1.54) is 5.32 Å². The van der Waals surface area contributed by atoms with E-state index in [1.807, 2.05) is 0 Å². The molecule has 0 radical (unpaired) electrons. The number of nitrogens with zero attached hydrogens (tertiary/aromatic N) is 1. The van der Waals surface area contributed by atoms with Crippen molar-refractivity contribution < 1.29 is 42.6 Å². The highest BCUT2D eigenvalue weighted by Gasteiger charge is 2.39. The quantitative estimate of drug-likeness (QED) is 0.402. The van der Waals surface area contributed by atoms with Crippen LogP contribution >= 0.6 is 67.8 Å². The van der Waals surface area contributed by atoms with Gasteiger partial charge in [-0.3, -0.25) is 9.59 Å². The predicted octanol–water partition coefficient (Wildman–Crippen LogP) is 2.54. The first-order valence-corrected chi connectivity index (χ1v) is 9.74. The summed E-state index contributed by atoms with van der Waals surface area (Å²) >= 11 is 4.77. The van der Waals surface area contributed by atoms with Gasteiger partial charge in [0.25, 0.3) is 0 Å². The van der Waals surface area contributed by atoms with Crippen LogP contribution in [0, 0.1) is 10.7 Å². The maximum atomic E-state index is 12.2. The fourth-order valence-corrected chi connectivity index (χ4v) is 6.63. The molecular formula is C13H8F3I3N2O6. The molecule has 0 aromatic heterocycles. The van der Waals surface area contributed by atoms with Crippen molar-refractivity contribution in [2.24, 2.45) is 0 Å². The number of hydrogen-bond acceptors (Lipinski definition) is 4. The van der Waals surface area contributed by atoms with Crippen molar-refractivity contribution >= 4 is 97.2 Å². The Bertz CT molecular complexity index is 803. The first-order chi connectivity index (χ1) is 12.2. The summed E-state index contributed by atoms with van der Waals surface area (Å²) in [4.78, 5) is 46.8. The van der Waals surface area contributed by atoms with Gasteiger partial charge in [0.1, 0.15) is 0 Å². The Morgan fingerprint density at radius 1 is 0.963 bits per heavy atom. The normalized spacial score (nSPS) is 11.1. The van der Waals surface area contributed by atoms with Gasteiger partial charge < -0.3 is 20.4 Å². The van der Waals surface area contributed by atoms with Crippen LogP contribution in [0.2, 0.25) is 0 Å². The molecule has 1 rings (SSSR count). The van der Waals surface area contributed by atoms with Gasteiger partial charge in [0.05, 0.1) is 30.5 Å². The first kappa shape index (κ1) is 24.1. The second kappa shape index (κ2) is 9.05. The average molecular weight is 726 g/mol. The van der Waals surface area contributed by atoms with Gasteiger partial charge in [0.15, 0.2) is 0 Å². The minimum absolute atomic E-state index is 0.0249. The zero-order chi connectivity index (χ0) is 21.3. The molecule has 3 N–H and O–H groups in total. The first-order valence-electron chi connectivity index (χ1n) is 6.50. The fourth-order valence-electron chi connectivity index (χ4n) is 1.82. The number of nitrogens with one attached hydrogen (secondary N) is 1. The van der Waals surface area contributed by atoms with Gasteiger partial charge in [-0.25, -0.2) is 9.59 Å². The summed E-state index contributed by atoms with van der Waals surface area (Å²) in [5.41, 5.74) is -0.816. The van der Waals surface area contributed by atoms with Crippen LogP contribution in [0.5, 0.6) is 0 Å². The predicted molar refractivity (Wildman–Crippen MR) is 111 cm³/mol. The number of anilines is 1. The molecule has 0 bridgehead atoms. The van der Waals surface area contributed by atoms with Crippen molar-refractivity contribution in [1.29, 1.82) is 0 Å². The highest BCUT2D eigenvalue weighted by Crippen LogP contribution is 2.37. The van der Waals surface area contributed by atoms with Crippen LogP contribution in [-0.4, -0.2) is 53.7 Å². The van der Waals surface area contributed by atoms with E-state index in [-0.39, 0.29) is 27.5 Å². The zero-order valence-electron chi connectivity index (χ0n) is 12.9. The molecule has 8 nitrogen and oxygen atoms in total. The Balaban J connectivity index is 3.40. The van der Waals surface area contributed by atoms with Crippen molar-refractivity contribution in [3.8, 4) is 0 Å². The summed E-state index contributed by atoms with van der Waals surface area (Å²) in [5, 5.41) is 20.1. The van der Waals surface area contributed by atoms with E-state index >= 15 is 0 Å². The summed E-state index contributed by atoms with van der Waals surface area (Å²) in [6, 6.07) is 0. The van der Waals surface area contributed by atoms with Crippen LogP contribution in [0.4, 0.5) is 18.9 Å². The number of hydrogen-bond donors (Lipinski definition) is 3. The number of alkyl halides is 3. The molecular weight excluding hydrogens is 718 g/mol. The second-order valence-electron chi connectivity index (χ2n) is 4.78. The minimum atomic E-state index is -5.17. The lowest BCUT2D eigenvalue weighted by Crippen LogP contribution is -2.44. The van der Waals surface area contributed by atoms with E-state index in [0.717, 1.165) is 11.9 Å². The maximum absolute atomic E-state index is 12.2. The third-order valence-electron chi connectivity index (χ3n) is 3.09.